The summed E-state index contributed by atoms with van der Waals surface area (Å²) in [5.41, 5.74) is -1.67. The second-order valence-electron chi connectivity index (χ2n) is 6.64. The Hall–Kier alpha value is -1.75. The lowest BCUT2D eigenvalue weighted by molar-refractivity contribution is 0.0680. The van der Waals surface area contributed by atoms with Gasteiger partial charge in [-0.25, -0.2) is 17.9 Å². The Labute approximate surface area is 165 Å². The van der Waals surface area contributed by atoms with Gasteiger partial charge in [-0.3, -0.25) is 14.3 Å². The quantitative estimate of drug-likeness (QED) is 0.555. The van der Waals surface area contributed by atoms with E-state index in [1.54, 1.807) is 32.0 Å². The van der Waals surface area contributed by atoms with Gasteiger partial charge in [-0.15, -0.1) is 0 Å². The molecule has 0 unspecified atom stereocenters. The predicted molar refractivity (Wildman–Crippen MR) is 105 cm³/mol. The van der Waals surface area contributed by atoms with Gasteiger partial charge >= 0.3 is 5.69 Å². The number of benzene rings is 1. The molecule has 2 aromatic rings. The van der Waals surface area contributed by atoms with Gasteiger partial charge in [-0.2, -0.15) is 0 Å². The van der Waals surface area contributed by atoms with Crippen LogP contribution in [-0.4, -0.2) is 30.1 Å². The van der Waals surface area contributed by atoms with Gasteiger partial charge in [-0.05, 0) is 54.8 Å². The van der Waals surface area contributed by atoms with Gasteiger partial charge in [0.25, 0.3) is 5.56 Å². The maximum Gasteiger partial charge on any atom is 0.330 e. The Bertz CT molecular complexity index is 998. The Morgan fingerprint density at radius 3 is 2.59 bits per heavy atom. The first-order valence-electron chi connectivity index (χ1n) is 8.27. The number of aromatic nitrogens is 2. The van der Waals surface area contributed by atoms with Crippen molar-refractivity contribution in [3.63, 3.8) is 0 Å². The zero-order chi connectivity index (χ0) is 20.1. The van der Waals surface area contributed by atoms with E-state index in [0.29, 0.717) is 23.9 Å². The molecule has 1 heterocycles. The number of aromatic amines is 1. The van der Waals surface area contributed by atoms with Gasteiger partial charge < -0.3 is 4.74 Å². The molecule has 0 aliphatic carbocycles. The van der Waals surface area contributed by atoms with E-state index < -0.39 is 26.8 Å². The number of nitrogens with one attached hydrogen (secondary N) is 2. The first-order valence-corrected chi connectivity index (χ1v) is 10.5. The number of halogens is 1. The summed E-state index contributed by atoms with van der Waals surface area (Å²) in [6, 6.07) is 7.87. The van der Waals surface area contributed by atoms with Crippen LogP contribution in [0.25, 0.3) is 0 Å². The zero-order valence-electron chi connectivity index (χ0n) is 15.1. The second-order valence-corrected chi connectivity index (χ2v) is 9.15. The van der Waals surface area contributed by atoms with E-state index in [2.05, 4.69) is 25.6 Å². The topological polar surface area (TPSA) is 110 Å². The molecule has 0 saturated carbocycles. The highest BCUT2D eigenvalue weighted by Gasteiger charge is 2.27. The van der Waals surface area contributed by atoms with Gasteiger partial charge in [0.2, 0.25) is 10.0 Å². The Morgan fingerprint density at radius 2 is 1.93 bits per heavy atom. The van der Waals surface area contributed by atoms with Crippen LogP contribution in [0.4, 0.5) is 0 Å². The molecule has 0 fully saturated rings. The monoisotopic (exact) mass is 459 g/mol. The lowest BCUT2D eigenvalue weighted by Crippen LogP contribution is -2.43. The molecule has 1 aromatic heterocycles. The van der Waals surface area contributed by atoms with Crippen LogP contribution in [0.5, 0.6) is 0 Å². The largest absolute Gasteiger partial charge is 0.361 e. The summed E-state index contributed by atoms with van der Waals surface area (Å²) in [7, 11) is -3.66. The molecule has 8 nitrogen and oxygen atoms in total. The van der Waals surface area contributed by atoms with Crippen molar-refractivity contribution in [2.24, 2.45) is 0 Å². The van der Waals surface area contributed by atoms with Crippen LogP contribution in [0.1, 0.15) is 26.7 Å². The standard InChI is InChI=1S/C17H22BrN3O5S/c1-17(2,20-27(24,25)14-7-4-3-6-13(14)18)9-5-11-26-12-21-10-8-15(22)19-16(21)23/h3-4,6-8,10,20H,5,9,11-12H2,1-2H3,(H,19,22,23). The fraction of sp³-hybridized carbons (Fsp3) is 0.412. The van der Waals surface area contributed by atoms with E-state index >= 15 is 0 Å². The molecule has 0 bridgehead atoms. The second kappa shape index (κ2) is 8.96. The number of ether oxygens (including phenoxy) is 1. The molecule has 2 N–H and O–H groups in total. The summed E-state index contributed by atoms with van der Waals surface area (Å²) in [5, 5.41) is 0. The molecule has 0 aliphatic rings. The molecule has 10 heteroatoms. The number of sulfonamides is 1. The smallest absolute Gasteiger partial charge is 0.330 e. The van der Waals surface area contributed by atoms with Crippen molar-refractivity contribution in [2.45, 2.75) is 43.9 Å². The Morgan fingerprint density at radius 1 is 1.22 bits per heavy atom. The summed E-state index contributed by atoms with van der Waals surface area (Å²) >= 11 is 3.26. The third-order valence-electron chi connectivity index (χ3n) is 3.75. The highest BCUT2D eigenvalue weighted by molar-refractivity contribution is 9.10. The van der Waals surface area contributed by atoms with Crippen LogP contribution in [0.15, 0.2) is 55.5 Å². The minimum atomic E-state index is -3.66. The van der Waals surface area contributed by atoms with Gasteiger partial charge in [0, 0.05) is 28.9 Å². The summed E-state index contributed by atoms with van der Waals surface area (Å²) in [6.07, 6.45) is 2.48. The normalized spacial score (nSPS) is 12.3. The highest BCUT2D eigenvalue weighted by atomic mass is 79.9. The van der Waals surface area contributed by atoms with E-state index in [9.17, 15) is 18.0 Å². The maximum atomic E-state index is 12.6. The average molecular weight is 460 g/mol. The molecule has 0 radical (unpaired) electrons. The SMILES string of the molecule is CC(C)(CCCOCn1ccc(=O)[nH]c1=O)NS(=O)(=O)c1ccccc1Br. The minimum absolute atomic E-state index is 0.0126. The summed E-state index contributed by atoms with van der Waals surface area (Å²) in [6.45, 7) is 3.95. The Kier molecular flexibility index (Phi) is 7.15. The van der Waals surface area contributed by atoms with E-state index in [-0.39, 0.29) is 11.6 Å². The van der Waals surface area contributed by atoms with Crippen molar-refractivity contribution in [1.82, 2.24) is 14.3 Å². The summed E-state index contributed by atoms with van der Waals surface area (Å²) < 4.78 is 35.0. The molecular weight excluding hydrogens is 438 g/mol. The van der Waals surface area contributed by atoms with Crippen LogP contribution in [-0.2, 0) is 21.5 Å². The van der Waals surface area contributed by atoms with Crippen molar-refractivity contribution >= 4 is 26.0 Å². The number of hydrogen-bond donors (Lipinski definition) is 2. The van der Waals surface area contributed by atoms with Gasteiger partial charge in [0.1, 0.15) is 6.73 Å². The molecule has 0 spiro atoms. The highest BCUT2D eigenvalue weighted by Crippen LogP contribution is 2.23. The van der Waals surface area contributed by atoms with E-state index in [1.807, 2.05) is 0 Å². The first kappa shape index (κ1) is 21.5. The van der Waals surface area contributed by atoms with Gasteiger partial charge in [0.15, 0.2) is 0 Å². The molecule has 0 saturated heterocycles. The van der Waals surface area contributed by atoms with Crippen LogP contribution in [0, 0.1) is 0 Å². The van der Waals surface area contributed by atoms with E-state index in [0.717, 1.165) is 0 Å². The van der Waals surface area contributed by atoms with Crippen LogP contribution in [0.3, 0.4) is 0 Å². The third-order valence-corrected chi connectivity index (χ3v) is 6.46. The van der Waals surface area contributed by atoms with E-state index in [4.69, 9.17) is 4.74 Å². The molecule has 27 heavy (non-hydrogen) atoms. The van der Waals surface area contributed by atoms with Crippen molar-refractivity contribution in [3.05, 3.63) is 61.8 Å². The number of nitrogens with zero attached hydrogens (tertiary/aromatic N) is 1. The lowest BCUT2D eigenvalue weighted by Gasteiger charge is -2.26. The Balaban J connectivity index is 1.85. The van der Waals surface area contributed by atoms with Crippen molar-refractivity contribution < 1.29 is 13.2 Å². The van der Waals surface area contributed by atoms with Gasteiger partial charge in [0.05, 0.1) is 4.90 Å². The number of hydrogen-bond acceptors (Lipinski definition) is 5. The fourth-order valence-electron chi connectivity index (χ4n) is 2.46. The maximum absolute atomic E-state index is 12.6. The zero-order valence-corrected chi connectivity index (χ0v) is 17.5. The molecule has 0 aliphatic heterocycles. The average Bonchev–Trinajstić information content (AvgIpc) is 2.55. The fourth-order valence-corrected chi connectivity index (χ4v) is 4.90. The molecule has 1 aromatic carbocycles. The van der Waals surface area contributed by atoms with Crippen molar-refractivity contribution in [2.75, 3.05) is 6.61 Å². The molecule has 148 valence electrons. The molecule has 2 rings (SSSR count). The molecule has 0 amide bonds. The molecule has 0 atom stereocenters. The van der Waals surface area contributed by atoms with Gasteiger partial charge in [-0.1, -0.05) is 12.1 Å². The summed E-state index contributed by atoms with van der Waals surface area (Å²) in [5.74, 6) is 0. The minimum Gasteiger partial charge on any atom is -0.361 e. The van der Waals surface area contributed by atoms with Crippen molar-refractivity contribution in [3.8, 4) is 0 Å². The van der Waals surface area contributed by atoms with Crippen LogP contribution in [0.2, 0.25) is 0 Å². The summed E-state index contributed by atoms with van der Waals surface area (Å²) in [4.78, 5) is 24.9. The third kappa shape index (κ3) is 6.42. The predicted octanol–water partition coefficient (Wildman–Crippen LogP) is 1.81. The van der Waals surface area contributed by atoms with Crippen LogP contribution < -0.4 is 16.0 Å². The lowest BCUT2D eigenvalue weighted by atomic mass is 10.0. The number of rotatable bonds is 9. The first-order chi connectivity index (χ1) is 12.6. The molecular formula is C17H22BrN3O5S. The van der Waals surface area contributed by atoms with Crippen LogP contribution >= 0.6 is 15.9 Å². The van der Waals surface area contributed by atoms with E-state index in [1.165, 1.54) is 22.9 Å². The number of H-pyrrole nitrogens is 1. The van der Waals surface area contributed by atoms with Crippen molar-refractivity contribution in [1.29, 1.82) is 0 Å².